The largest absolute Gasteiger partial charge is 0.478 e. The van der Waals surface area contributed by atoms with Gasteiger partial charge in [0.15, 0.2) is 0 Å². The lowest BCUT2D eigenvalue weighted by molar-refractivity contribution is -0.131. The average molecular weight is 322 g/mol. The Hall–Kier alpha value is -1.62. The number of rotatable bonds is 6. The van der Waals surface area contributed by atoms with Gasteiger partial charge in [-0.15, -0.1) is 11.3 Å². The van der Waals surface area contributed by atoms with Crippen molar-refractivity contribution in [3.05, 3.63) is 62.8 Å². The second-order valence-corrected chi connectivity index (χ2v) is 6.25. The summed E-state index contributed by atoms with van der Waals surface area (Å²) in [6, 6.07) is 9.85. The second-order valence-electron chi connectivity index (χ2n) is 4.82. The normalized spacial score (nSPS) is 11.4. The van der Waals surface area contributed by atoms with Gasteiger partial charge in [-0.2, -0.15) is 0 Å². The molecule has 0 amide bonds. The Balaban J connectivity index is 1.92. The lowest BCUT2D eigenvalue weighted by atomic mass is 10.2. The van der Waals surface area contributed by atoms with Gasteiger partial charge in [-0.1, -0.05) is 23.7 Å². The van der Waals surface area contributed by atoms with E-state index in [1.165, 1.54) is 10.4 Å². The highest BCUT2D eigenvalue weighted by Crippen LogP contribution is 2.19. The third-order valence-electron chi connectivity index (χ3n) is 2.88. The Bertz CT molecular complexity index is 634. The van der Waals surface area contributed by atoms with Crippen LogP contribution in [0.25, 0.3) is 6.08 Å². The number of hydrogen-bond acceptors (Lipinski definition) is 3. The van der Waals surface area contributed by atoms with Crippen LogP contribution in [0.15, 0.2) is 41.8 Å². The van der Waals surface area contributed by atoms with Crippen LogP contribution in [0, 0.1) is 0 Å². The number of aliphatic carboxylic acids is 1. The molecule has 0 aliphatic heterocycles. The zero-order valence-corrected chi connectivity index (χ0v) is 13.2. The van der Waals surface area contributed by atoms with E-state index in [0.29, 0.717) is 0 Å². The van der Waals surface area contributed by atoms with Crippen LogP contribution in [0.2, 0.25) is 5.02 Å². The Morgan fingerprint density at radius 1 is 1.33 bits per heavy atom. The van der Waals surface area contributed by atoms with Gasteiger partial charge in [0.25, 0.3) is 0 Å². The van der Waals surface area contributed by atoms with E-state index in [0.717, 1.165) is 29.8 Å². The molecule has 1 aromatic carbocycles. The van der Waals surface area contributed by atoms with Crippen molar-refractivity contribution >= 4 is 35.0 Å². The summed E-state index contributed by atoms with van der Waals surface area (Å²) in [5.74, 6) is -0.928. The molecule has 0 aliphatic rings. The Kier molecular flexibility index (Phi) is 5.56. The molecule has 0 saturated carbocycles. The summed E-state index contributed by atoms with van der Waals surface area (Å²) in [6.45, 7) is 1.67. The maximum absolute atomic E-state index is 10.5. The zero-order valence-electron chi connectivity index (χ0n) is 11.6. The first-order chi connectivity index (χ1) is 10.0. The van der Waals surface area contributed by atoms with E-state index < -0.39 is 5.97 Å². The molecule has 2 rings (SSSR count). The van der Waals surface area contributed by atoms with Gasteiger partial charge >= 0.3 is 5.97 Å². The van der Waals surface area contributed by atoms with Crippen LogP contribution in [-0.4, -0.2) is 23.0 Å². The summed E-state index contributed by atoms with van der Waals surface area (Å²) in [4.78, 5) is 13.9. The maximum atomic E-state index is 10.5. The molecular formula is C16H16ClNO2S. The average Bonchev–Trinajstić information content (AvgIpc) is 2.86. The van der Waals surface area contributed by atoms with Gasteiger partial charge in [-0.3, -0.25) is 4.90 Å². The van der Waals surface area contributed by atoms with E-state index in [1.807, 2.05) is 35.7 Å². The van der Waals surface area contributed by atoms with E-state index in [1.54, 1.807) is 17.4 Å². The van der Waals surface area contributed by atoms with Crippen molar-refractivity contribution in [2.45, 2.75) is 13.1 Å². The number of carboxylic acid groups (broad SMARTS) is 1. The van der Waals surface area contributed by atoms with Crippen molar-refractivity contribution in [2.24, 2.45) is 0 Å². The monoisotopic (exact) mass is 321 g/mol. The lowest BCUT2D eigenvalue weighted by Crippen LogP contribution is -2.16. The summed E-state index contributed by atoms with van der Waals surface area (Å²) < 4.78 is 0. The minimum Gasteiger partial charge on any atom is -0.478 e. The first-order valence-corrected chi connectivity index (χ1v) is 7.70. The molecule has 3 nitrogen and oxygen atoms in total. The fraction of sp³-hybridized carbons (Fsp3) is 0.188. The molecule has 0 radical (unpaired) electrons. The molecule has 0 spiro atoms. The number of nitrogens with zero attached hydrogens (tertiary/aromatic N) is 1. The first kappa shape index (κ1) is 15.8. The molecule has 1 aromatic heterocycles. The van der Waals surface area contributed by atoms with Crippen LogP contribution in [0.3, 0.4) is 0 Å². The van der Waals surface area contributed by atoms with Gasteiger partial charge in [0, 0.05) is 29.1 Å². The van der Waals surface area contributed by atoms with Crippen LogP contribution in [0.5, 0.6) is 0 Å². The number of thiophene rings is 1. The quantitative estimate of drug-likeness (QED) is 0.813. The molecule has 0 bridgehead atoms. The number of carboxylic acids is 1. The van der Waals surface area contributed by atoms with Crippen LogP contribution in [0.4, 0.5) is 0 Å². The van der Waals surface area contributed by atoms with E-state index in [2.05, 4.69) is 11.9 Å². The lowest BCUT2D eigenvalue weighted by Gasteiger charge is -2.15. The summed E-state index contributed by atoms with van der Waals surface area (Å²) in [5, 5.41) is 11.3. The van der Waals surface area contributed by atoms with Crippen LogP contribution in [0.1, 0.15) is 16.0 Å². The number of carbonyl (C=O) groups is 1. The summed E-state index contributed by atoms with van der Waals surface area (Å²) >= 11 is 7.51. The fourth-order valence-electron chi connectivity index (χ4n) is 1.96. The number of benzene rings is 1. The van der Waals surface area contributed by atoms with Crippen molar-refractivity contribution in [3.8, 4) is 0 Å². The van der Waals surface area contributed by atoms with Crippen molar-refractivity contribution in [3.63, 3.8) is 0 Å². The topological polar surface area (TPSA) is 40.5 Å². The van der Waals surface area contributed by atoms with Gasteiger partial charge in [0.1, 0.15) is 0 Å². The van der Waals surface area contributed by atoms with E-state index in [-0.39, 0.29) is 0 Å². The van der Waals surface area contributed by atoms with Crippen molar-refractivity contribution in [2.75, 3.05) is 7.05 Å². The molecule has 1 N–H and O–H groups in total. The molecule has 2 aromatic rings. The zero-order chi connectivity index (χ0) is 15.2. The van der Waals surface area contributed by atoms with Crippen LogP contribution >= 0.6 is 22.9 Å². The van der Waals surface area contributed by atoms with Gasteiger partial charge in [-0.25, -0.2) is 4.79 Å². The Morgan fingerprint density at radius 3 is 2.71 bits per heavy atom. The third kappa shape index (κ3) is 5.34. The SMILES string of the molecule is CN(Cc1ccc(Cl)cc1)Cc1cc(C=CC(=O)O)cs1. The summed E-state index contributed by atoms with van der Waals surface area (Å²) in [5.41, 5.74) is 2.14. The predicted octanol–water partition coefficient (Wildman–Crippen LogP) is 4.13. The minimum atomic E-state index is -0.928. The molecule has 0 aliphatic carbocycles. The number of halogens is 1. The van der Waals surface area contributed by atoms with Crippen LogP contribution < -0.4 is 0 Å². The van der Waals surface area contributed by atoms with Crippen molar-refractivity contribution in [1.29, 1.82) is 0 Å². The molecule has 0 atom stereocenters. The third-order valence-corrected chi connectivity index (χ3v) is 4.08. The maximum Gasteiger partial charge on any atom is 0.328 e. The standard InChI is InChI=1S/C16H16ClNO2S/c1-18(9-12-2-5-14(17)6-3-12)10-15-8-13(11-21-15)4-7-16(19)20/h2-8,11H,9-10H2,1H3,(H,19,20). The Morgan fingerprint density at radius 2 is 2.05 bits per heavy atom. The van der Waals surface area contributed by atoms with E-state index in [4.69, 9.17) is 16.7 Å². The Labute approximate surface area is 133 Å². The van der Waals surface area contributed by atoms with E-state index in [9.17, 15) is 4.79 Å². The van der Waals surface area contributed by atoms with E-state index >= 15 is 0 Å². The van der Waals surface area contributed by atoms with Gasteiger partial charge < -0.3 is 5.11 Å². The molecule has 21 heavy (non-hydrogen) atoms. The summed E-state index contributed by atoms with van der Waals surface area (Å²) in [7, 11) is 2.06. The second kappa shape index (κ2) is 7.41. The smallest absolute Gasteiger partial charge is 0.328 e. The summed E-state index contributed by atoms with van der Waals surface area (Å²) in [6.07, 6.45) is 2.77. The molecule has 0 unspecified atom stereocenters. The fourth-order valence-corrected chi connectivity index (χ4v) is 3.02. The minimum absolute atomic E-state index is 0.745. The van der Waals surface area contributed by atoms with Gasteiger partial charge in [-0.05, 0) is 47.8 Å². The molecule has 0 fully saturated rings. The molecule has 110 valence electrons. The van der Waals surface area contributed by atoms with Crippen molar-refractivity contribution in [1.82, 2.24) is 4.90 Å². The van der Waals surface area contributed by atoms with Gasteiger partial charge in [0.2, 0.25) is 0 Å². The highest BCUT2D eigenvalue weighted by atomic mass is 35.5. The van der Waals surface area contributed by atoms with Crippen molar-refractivity contribution < 1.29 is 9.90 Å². The molecule has 0 saturated heterocycles. The highest BCUT2D eigenvalue weighted by molar-refractivity contribution is 7.10. The molecule has 1 heterocycles. The van der Waals surface area contributed by atoms with Crippen LogP contribution in [-0.2, 0) is 17.9 Å². The number of hydrogen-bond donors (Lipinski definition) is 1. The highest BCUT2D eigenvalue weighted by Gasteiger charge is 2.04. The van der Waals surface area contributed by atoms with Gasteiger partial charge in [0.05, 0.1) is 0 Å². The first-order valence-electron chi connectivity index (χ1n) is 6.44. The molecular weight excluding hydrogens is 306 g/mol. The predicted molar refractivity (Wildman–Crippen MR) is 87.6 cm³/mol. The molecule has 5 heteroatoms.